The van der Waals surface area contributed by atoms with Crippen LogP contribution < -0.4 is 16.8 Å². The van der Waals surface area contributed by atoms with Crippen molar-refractivity contribution >= 4 is 11.6 Å². The van der Waals surface area contributed by atoms with Crippen LogP contribution >= 0.6 is 0 Å². The molecule has 1 atom stereocenters. The van der Waals surface area contributed by atoms with Crippen molar-refractivity contribution in [2.24, 2.45) is 11.5 Å². The lowest BCUT2D eigenvalue weighted by atomic mass is 10.1. The predicted octanol–water partition coefficient (Wildman–Crippen LogP) is 0.603. The van der Waals surface area contributed by atoms with E-state index in [-0.39, 0.29) is 11.9 Å². The Bertz CT molecular complexity index is 325. The predicted molar refractivity (Wildman–Crippen MR) is 56.7 cm³/mol. The fourth-order valence-electron chi connectivity index (χ4n) is 1.19. The van der Waals surface area contributed by atoms with E-state index in [4.69, 9.17) is 11.5 Å². The van der Waals surface area contributed by atoms with E-state index in [0.29, 0.717) is 6.54 Å². The molecular formula is C10H15N3O. The Morgan fingerprint density at radius 2 is 2.29 bits per heavy atom. The number of carbonyl (C=O) groups excluding carboxylic acids is 1. The van der Waals surface area contributed by atoms with Crippen LogP contribution in [-0.4, -0.2) is 12.5 Å². The highest BCUT2D eigenvalue weighted by molar-refractivity contribution is 5.88. The van der Waals surface area contributed by atoms with Crippen LogP contribution in [0.15, 0.2) is 24.3 Å². The third-order valence-corrected chi connectivity index (χ3v) is 1.89. The number of hydrogen-bond donors (Lipinski definition) is 3. The molecule has 0 saturated heterocycles. The molecule has 1 aromatic rings. The van der Waals surface area contributed by atoms with Gasteiger partial charge in [-0.1, -0.05) is 12.1 Å². The second-order valence-corrected chi connectivity index (χ2v) is 3.15. The molecule has 1 amide bonds. The summed E-state index contributed by atoms with van der Waals surface area (Å²) in [6.07, 6.45) is 0. The van der Waals surface area contributed by atoms with Gasteiger partial charge in [-0.15, -0.1) is 0 Å². The van der Waals surface area contributed by atoms with Crippen molar-refractivity contribution in [3.8, 4) is 0 Å². The van der Waals surface area contributed by atoms with E-state index in [0.717, 1.165) is 11.3 Å². The van der Waals surface area contributed by atoms with Crippen molar-refractivity contribution in [2.45, 2.75) is 13.0 Å². The summed E-state index contributed by atoms with van der Waals surface area (Å²) in [7, 11) is 0. The average molecular weight is 193 g/mol. The Labute approximate surface area is 83.3 Å². The van der Waals surface area contributed by atoms with Crippen LogP contribution in [0.3, 0.4) is 0 Å². The van der Waals surface area contributed by atoms with Crippen LogP contribution in [0.2, 0.25) is 0 Å². The summed E-state index contributed by atoms with van der Waals surface area (Å²) >= 11 is 0. The van der Waals surface area contributed by atoms with Crippen molar-refractivity contribution in [2.75, 3.05) is 11.9 Å². The van der Waals surface area contributed by atoms with Crippen LogP contribution in [0.4, 0.5) is 5.69 Å². The molecule has 5 N–H and O–H groups in total. The lowest BCUT2D eigenvalue weighted by Gasteiger charge is -2.10. The van der Waals surface area contributed by atoms with E-state index in [9.17, 15) is 4.79 Å². The maximum atomic E-state index is 10.8. The van der Waals surface area contributed by atoms with Gasteiger partial charge < -0.3 is 16.8 Å². The molecule has 14 heavy (non-hydrogen) atoms. The van der Waals surface area contributed by atoms with Gasteiger partial charge in [-0.25, -0.2) is 0 Å². The number of carbonyl (C=O) groups is 1. The van der Waals surface area contributed by atoms with E-state index < -0.39 is 0 Å². The number of nitrogens with two attached hydrogens (primary N) is 2. The lowest BCUT2D eigenvalue weighted by Crippen LogP contribution is -2.20. The molecule has 1 rings (SSSR count). The molecule has 0 aliphatic heterocycles. The van der Waals surface area contributed by atoms with Gasteiger partial charge in [-0.3, -0.25) is 4.79 Å². The van der Waals surface area contributed by atoms with Crippen molar-refractivity contribution in [3.63, 3.8) is 0 Å². The standard InChI is InChI=1S/C10H15N3O/c1-7(14)13-9-4-2-3-8(5-9)10(12)6-11/h2-5,10H,6,11-12H2,1H3,(H,13,14). The average Bonchev–Trinajstić information content (AvgIpc) is 2.16. The van der Waals surface area contributed by atoms with Crippen molar-refractivity contribution in [3.05, 3.63) is 29.8 Å². The first kappa shape index (κ1) is 10.7. The smallest absolute Gasteiger partial charge is 0.221 e. The Morgan fingerprint density at radius 3 is 2.86 bits per heavy atom. The van der Waals surface area contributed by atoms with Gasteiger partial charge in [-0.2, -0.15) is 0 Å². The fraction of sp³-hybridized carbons (Fsp3) is 0.300. The van der Waals surface area contributed by atoms with Gasteiger partial charge in [-0.05, 0) is 17.7 Å². The van der Waals surface area contributed by atoms with E-state index >= 15 is 0 Å². The summed E-state index contributed by atoms with van der Waals surface area (Å²) in [6, 6.07) is 7.20. The van der Waals surface area contributed by atoms with Gasteiger partial charge in [0.2, 0.25) is 5.91 Å². The first-order valence-corrected chi connectivity index (χ1v) is 4.46. The SMILES string of the molecule is CC(=O)Nc1cccc(C(N)CN)c1. The molecule has 1 unspecified atom stereocenters. The molecule has 0 aromatic heterocycles. The number of nitrogens with one attached hydrogen (secondary N) is 1. The van der Waals surface area contributed by atoms with Crippen molar-refractivity contribution in [1.82, 2.24) is 0 Å². The third-order valence-electron chi connectivity index (χ3n) is 1.89. The Kier molecular flexibility index (Phi) is 3.62. The van der Waals surface area contributed by atoms with E-state index in [1.54, 1.807) is 0 Å². The summed E-state index contributed by atoms with van der Waals surface area (Å²) < 4.78 is 0. The van der Waals surface area contributed by atoms with Crippen molar-refractivity contribution in [1.29, 1.82) is 0 Å². The summed E-state index contributed by atoms with van der Waals surface area (Å²) in [6.45, 7) is 1.86. The molecule has 0 aliphatic rings. The van der Waals surface area contributed by atoms with Crippen LogP contribution in [0, 0.1) is 0 Å². The van der Waals surface area contributed by atoms with Crippen molar-refractivity contribution < 1.29 is 4.79 Å². The summed E-state index contributed by atoms with van der Waals surface area (Å²) in [5.41, 5.74) is 12.9. The Balaban J connectivity index is 2.83. The number of benzene rings is 1. The minimum Gasteiger partial charge on any atom is -0.329 e. The molecule has 0 fully saturated rings. The molecule has 0 radical (unpaired) electrons. The van der Waals surface area contributed by atoms with E-state index in [1.165, 1.54) is 6.92 Å². The van der Waals surface area contributed by atoms with Crippen LogP contribution in [0.5, 0.6) is 0 Å². The zero-order valence-electron chi connectivity index (χ0n) is 8.16. The largest absolute Gasteiger partial charge is 0.329 e. The highest BCUT2D eigenvalue weighted by Crippen LogP contribution is 2.15. The van der Waals surface area contributed by atoms with E-state index in [1.807, 2.05) is 24.3 Å². The number of amides is 1. The topological polar surface area (TPSA) is 81.1 Å². The number of anilines is 1. The highest BCUT2D eigenvalue weighted by Gasteiger charge is 2.04. The normalized spacial score (nSPS) is 12.2. The van der Waals surface area contributed by atoms with Gasteiger partial charge in [0.15, 0.2) is 0 Å². The van der Waals surface area contributed by atoms with Gasteiger partial charge in [0.05, 0.1) is 0 Å². The van der Waals surface area contributed by atoms with Crippen LogP contribution in [-0.2, 0) is 4.79 Å². The molecular weight excluding hydrogens is 178 g/mol. The molecule has 0 bridgehead atoms. The second kappa shape index (κ2) is 4.74. The molecule has 0 spiro atoms. The first-order chi connectivity index (χ1) is 6.63. The fourth-order valence-corrected chi connectivity index (χ4v) is 1.19. The van der Waals surface area contributed by atoms with Crippen LogP contribution in [0.25, 0.3) is 0 Å². The first-order valence-electron chi connectivity index (χ1n) is 4.46. The summed E-state index contributed by atoms with van der Waals surface area (Å²) in [4.78, 5) is 10.8. The molecule has 4 nitrogen and oxygen atoms in total. The molecule has 1 aromatic carbocycles. The Morgan fingerprint density at radius 1 is 1.57 bits per heavy atom. The molecule has 76 valence electrons. The van der Waals surface area contributed by atoms with Gasteiger partial charge in [0, 0.05) is 25.2 Å². The maximum Gasteiger partial charge on any atom is 0.221 e. The Hall–Kier alpha value is -1.39. The molecule has 0 aliphatic carbocycles. The van der Waals surface area contributed by atoms with Crippen LogP contribution in [0.1, 0.15) is 18.5 Å². The van der Waals surface area contributed by atoms with Gasteiger partial charge >= 0.3 is 0 Å². The third kappa shape index (κ3) is 2.83. The quantitative estimate of drug-likeness (QED) is 0.657. The molecule has 4 heteroatoms. The lowest BCUT2D eigenvalue weighted by molar-refractivity contribution is -0.114. The zero-order chi connectivity index (χ0) is 10.6. The van der Waals surface area contributed by atoms with E-state index in [2.05, 4.69) is 5.32 Å². The minimum atomic E-state index is -0.177. The maximum absolute atomic E-state index is 10.8. The molecule has 0 heterocycles. The summed E-state index contributed by atoms with van der Waals surface area (Å²) in [5, 5.41) is 2.69. The molecule has 0 saturated carbocycles. The highest BCUT2D eigenvalue weighted by atomic mass is 16.1. The number of rotatable bonds is 3. The summed E-state index contributed by atoms with van der Waals surface area (Å²) in [5.74, 6) is -0.0940. The number of hydrogen-bond acceptors (Lipinski definition) is 3. The minimum absolute atomic E-state index is 0.0940. The van der Waals surface area contributed by atoms with Gasteiger partial charge in [0.1, 0.15) is 0 Å². The second-order valence-electron chi connectivity index (χ2n) is 3.15. The monoisotopic (exact) mass is 193 g/mol. The van der Waals surface area contributed by atoms with Gasteiger partial charge in [0.25, 0.3) is 0 Å². The zero-order valence-corrected chi connectivity index (χ0v) is 8.16.